The van der Waals surface area contributed by atoms with Gasteiger partial charge in [0, 0.05) is 27.4 Å². The van der Waals surface area contributed by atoms with E-state index in [0.29, 0.717) is 16.3 Å². The molecule has 0 bridgehead atoms. The molecule has 3 aromatic carbocycles. The summed E-state index contributed by atoms with van der Waals surface area (Å²) >= 11 is 6.38. The highest BCUT2D eigenvalue weighted by Gasteiger charge is 2.70. The van der Waals surface area contributed by atoms with E-state index in [9.17, 15) is 14.4 Å². The molecule has 0 aliphatic carbocycles. The molecule has 42 heavy (non-hydrogen) atoms. The summed E-state index contributed by atoms with van der Waals surface area (Å²) in [5.74, 6) is -1.47. The molecule has 1 saturated heterocycles. The minimum absolute atomic E-state index is 0.0766. The van der Waals surface area contributed by atoms with Crippen molar-refractivity contribution in [3.63, 3.8) is 0 Å². The topological polar surface area (TPSA) is 66.5 Å². The first-order chi connectivity index (χ1) is 20.1. The van der Waals surface area contributed by atoms with Gasteiger partial charge in [-0.2, -0.15) is 0 Å². The molecular weight excluding hydrogens is 544 g/mol. The Balaban J connectivity index is 1.57. The predicted molar refractivity (Wildman–Crippen MR) is 169 cm³/mol. The molecule has 1 amide bonds. The molecule has 6 heteroatoms. The van der Waals surface area contributed by atoms with Gasteiger partial charge in [0.2, 0.25) is 5.91 Å². The number of unbranched alkanes of at least 4 members (excludes halogenated alkanes) is 2. The molecule has 0 saturated carbocycles. The van der Waals surface area contributed by atoms with Crippen LogP contribution in [0.5, 0.6) is 0 Å². The predicted octanol–water partition coefficient (Wildman–Crippen LogP) is 7.66. The fourth-order valence-corrected chi connectivity index (χ4v) is 7.37. The van der Waals surface area contributed by atoms with Crippen LogP contribution in [-0.2, 0) is 21.4 Å². The third-order valence-electron chi connectivity index (χ3n) is 9.19. The standard InChI is InChI=1S/C36H37ClN2O3/c1-5-6-7-10-22-13-15-23(16-14-22)32(40)30-31(33(41)35(2,3)4)39-28-19-18-25(37)21-24(28)17-20-29(39)36(30)26-11-8-9-12-27(26)38-34(36)42/h8-9,11-21,29-31H,5-7,10H2,1-4H3,(H,38,42)/t29-,30+,31+,36+/m1/s1. The van der Waals surface area contributed by atoms with E-state index in [4.69, 9.17) is 11.6 Å². The molecule has 0 radical (unpaired) electrons. The third-order valence-corrected chi connectivity index (χ3v) is 9.43. The fourth-order valence-electron chi connectivity index (χ4n) is 7.19. The summed E-state index contributed by atoms with van der Waals surface area (Å²) in [4.78, 5) is 45.8. The van der Waals surface area contributed by atoms with E-state index in [0.717, 1.165) is 42.5 Å². The molecule has 0 unspecified atom stereocenters. The fraction of sp³-hybridized carbons (Fsp3) is 0.361. The van der Waals surface area contributed by atoms with E-state index in [1.807, 2.05) is 98.5 Å². The maximum absolute atomic E-state index is 14.9. The summed E-state index contributed by atoms with van der Waals surface area (Å²) in [6.07, 6.45) is 8.31. The van der Waals surface area contributed by atoms with E-state index in [-0.39, 0.29) is 17.5 Å². The summed E-state index contributed by atoms with van der Waals surface area (Å²) in [7, 11) is 0. The van der Waals surface area contributed by atoms with Gasteiger partial charge in [-0.05, 0) is 53.8 Å². The van der Waals surface area contributed by atoms with Gasteiger partial charge in [-0.1, -0.05) is 107 Å². The van der Waals surface area contributed by atoms with Gasteiger partial charge < -0.3 is 10.2 Å². The molecule has 3 heterocycles. The minimum Gasteiger partial charge on any atom is -0.352 e. The Labute approximate surface area is 253 Å². The monoisotopic (exact) mass is 580 g/mol. The Bertz CT molecular complexity index is 1600. The number of nitrogens with one attached hydrogen (secondary N) is 1. The Morgan fingerprint density at radius 2 is 1.74 bits per heavy atom. The maximum atomic E-state index is 14.9. The van der Waals surface area contributed by atoms with Crippen molar-refractivity contribution in [3.05, 3.63) is 100 Å². The second-order valence-corrected chi connectivity index (χ2v) is 13.3. The number of ketones is 2. The van der Waals surface area contributed by atoms with Crippen LogP contribution in [0, 0.1) is 11.3 Å². The highest BCUT2D eigenvalue weighted by Crippen LogP contribution is 2.58. The first kappa shape index (κ1) is 28.4. The largest absolute Gasteiger partial charge is 0.352 e. The molecule has 3 aliphatic rings. The molecule has 1 spiro atoms. The zero-order chi connectivity index (χ0) is 29.8. The lowest BCUT2D eigenvalue weighted by molar-refractivity contribution is -0.128. The lowest BCUT2D eigenvalue weighted by atomic mass is 9.63. The Morgan fingerprint density at radius 1 is 1.00 bits per heavy atom. The average Bonchev–Trinajstić information content (AvgIpc) is 3.44. The van der Waals surface area contributed by atoms with E-state index >= 15 is 0 Å². The number of carbonyl (C=O) groups is 3. The van der Waals surface area contributed by atoms with Crippen LogP contribution in [0.4, 0.5) is 11.4 Å². The number of benzene rings is 3. The summed E-state index contributed by atoms with van der Waals surface area (Å²) < 4.78 is 0. The number of halogens is 1. The minimum atomic E-state index is -1.30. The van der Waals surface area contributed by atoms with Crippen LogP contribution in [0.3, 0.4) is 0 Å². The second-order valence-electron chi connectivity index (χ2n) is 12.8. The van der Waals surface area contributed by atoms with Crippen molar-refractivity contribution >= 4 is 46.5 Å². The number of Topliss-reactive ketones (excluding diaryl/α,β-unsaturated/α-hetero) is 2. The Kier molecular flexibility index (Phi) is 7.13. The van der Waals surface area contributed by atoms with Crippen LogP contribution in [0.25, 0.3) is 6.08 Å². The van der Waals surface area contributed by atoms with E-state index < -0.39 is 28.8 Å². The molecule has 0 aromatic heterocycles. The summed E-state index contributed by atoms with van der Waals surface area (Å²) in [6, 6.07) is 19.5. The lowest BCUT2D eigenvalue weighted by Crippen LogP contribution is -2.51. The number of aryl methyl sites for hydroxylation is 1. The molecule has 216 valence electrons. The first-order valence-corrected chi connectivity index (χ1v) is 15.3. The zero-order valence-electron chi connectivity index (χ0n) is 24.6. The van der Waals surface area contributed by atoms with Crippen molar-refractivity contribution in [3.8, 4) is 0 Å². The maximum Gasteiger partial charge on any atom is 0.238 e. The van der Waals surface area contributed by atoms with Crippen molar-refractivity contribution < 1.29 is 14.4 Å². The van der Waals surface area contributed by atoms with Crippen molar-refractivity contribution in [2.24, 2.45) is 11.3 Å². The molecule has 1 N–H and O–H groups in total. The van der Waals surface area contributed by atoms with Crippen LogP contribution < -0.4 is 10.2 Å². The number of nitrogens with zero attached hydrogens (tertiary/aromatic N) is 1. The van der Waals surface area contributed by atoms with E-state index in [1.54, 1.807) is 6.07 Å². The van der Waals surface area contributed by atoms with Gasteiger partial charge in [-0.3, -0.25) is 14.4 Å². The number of hydrogen-bond acceptors (Lipinski definition) is 4. The lowest BCUT2D eigenvalue weighted by Gasteiger charge is -2.38. The molecule has 6 rings (SSSR count). The van der Waals surface area contributed by atoms with Crippen LogP contribution in [0.15, 0.2) is 72.8 Å². The number of amides is 1. The SMILES string of the molecule is CCCCCc1ccc(C(=O)[C@@H]2[C@@H](C(=O)C(C)(C)C)N3c4ccc(Cl)cc4C=C[C@@H]3[C@]23C(=O)Nc2ccccc23)cc1. The van der Waals surface area contributed by atoms with Gasteiger partial charge in [0.25, 0.3) is 0 Å². The summed E-state index contributed by atoms with van der Waals surface area (Å²) in [5.41, 5.74) is 2.74. The molecule has 1 fully saturated rings. The quantitative estimate of drug-likeness (QED) is 0.230. The molecule has 4 atom stereocenters. The van der Waals surface area contributed by atoms with Crippen LogP contribution >= 0.6 is 11.6 Å². The first-order valence-electron chi connectivity index (χ1n) is 14.9. The smallest absolute Gasteiger partial charge is 0.238 e. The van der Waals surface area contributed by atoms with Gasteiger partial charge in [-0.25, -0.2) is 0 Å². The molecule has 5 nitrogen and oxygen atoms in total. The number of rotatable bonds is 7. The molecule has 3 aliphatic heterocycles. The van der Waals surface area contributed by atoms with E-state index in [2.05, 4.69) is 12.2 Å². The highest BCUT2D eigenvalue weighted by atomic mass is 35.5. The van der Waals surface area contributed by atoms with Gasteiger partial charge >= 0.3 is 0 Å². The number of hydrogen-bond donors (Lipinski definition) is 1. The van der Waals surface area contributed by atoms with Crippen molar-refractivity contribution in [2.45, 2.75) is 70.9 Å². The highest BCUT2D eigenvalue weighted by molar-refractivity contribution is 6.31. The number of fused-ring (bicyclic) bond motifs is 6. The van der Waals surface area contributed by atoms with Gasteiger partial charge in [0.05, 0.1) is 12.0 Å². The van der Waals surface area contributed by atoms with Crippen molar-refractivity contribution in [1.29, 1.82) is 0 Å². The van der Waals surface area contributed by atoms with Crippen LogP contribution in [-0.4, -0.2) is 29.6 Å². The van der Waals surface area contributed by atoms with Crippen molar-refractivity contribution in [1.82, 2.24) is 0 Å². The Hall–Kier alpha value is -3.70. The van der Waals surface area contributed by atoms with Gasteiger partial charge in [0.1, 0.15) is 11.5 Å². The number of para-hydroxylation sites is 1. The van der Waals surface area contributed by atoms with Gasteiger partial charge in [-0.15, -0.1) is 0 Å². The van der Waals surface area contributed by atoms with E-state index in [1.165, 1.54) is 5.56 Å². The average molecular weight is 581 g/mol. The second kappa shape index (κ2) is 10.5. The normalized spacial score (nSPS) is 23.9. The van der Waals surface area contributed by atoms with Crippen LogP contribution in [0.2, 0.25) is 5.02 Å². The summed E-state index contributed by atoms with van der Waals surface area (Å²) in [5, 5.41) is 3.67. The van der Waals surface area contributed by atoms with Gasteiger partial charge in [0.15, 0.2) is 11.6 Å². The van der Waals surface area contributed by atoms with Crippen LogP contribution in [0.1, 0.15) is 74.0 Å². The van der Waals surface area contributed by atoms with Crippen molar-refractivity contribution in [2.75, 3.05) is 10.2 Å². The Morgan fingerprint density at radius 3 is 2.45 bits per heavy atom. The zero-order valence-corrected chi connectivity index (χ0v) is 25.4. The third kappa shape index (κ3) is 4.32. The molecule has 3 aromatic rings. The number of carbonyl (C=O) groups excluding carboxylic acids is 3. The number of anilines is 2. The summed E-state index contributed by atoms with van der Waals surface area (Å²) in [6.45, 7) is 7.83. The molecular formula is C36H37ClN2O3.